The molecule has 0 unspecified atom stereocenters. The van der Waals surface area contributed by atoms with Gasteiger partial charge in [-0.1, -0.05) is 0 Å². The number of aromatic nitrogens is 2. The first-order valence-electron chi connectivity index (χ1n) is 5.51. The summed E-state index contributed by atoms with van der Waals surface area (Å²) >= 11 is 0. The molecule has 0 aliphatic carbocycles. The molecule has 0 fully saturated rings. The molecule has 0 atom stereocenters. The van der Waals surface area contributed by atoms with E-state index in [0.29, 0.717) is 11.4 Å². The van der Waals surface area contributed by atoms with Crippen molar-refractivity contribution in [2.24, 2.45) is 5.11 Å². The Kier molecular flexibility index (Phi) is 3.83. The van der Waals surface area contributed by atoms with E-state index in [2.05, 4.69) is 24.7 Å². The maximum Gasteiger partial charge on any atom is 0.264 e. The molecule has 0 spiro atoms. The Morgan fingerprint density at radius 1 is 1.25 bits per heavy atom. The minimum atomic E-state index is -3.76. The van der Waals surface area contributed by atoms with Crippen LogP contribution in [-0.2, 0) is 10.0 Å². The van der Waals surface area contributed by atoms with E-state index >= 15 is 0 Å². The number of hydrogen-bond acceptors (Lipinski definition) is 6. The molecule has 9 heteroatoms. The fraction of sp³-hybridized carbons (Fsp3) is 0.0909. The third kappa shape index (κ3) is 3.22. The number of aryl methyl sites for hydroxylation is 1. The van der Waals surface area contributed by atoms with E-state index in [1.165, 1.54) is 30.5 Å². The van der Waals surface area contributed by atoms with Gasteiger partial charge in [0.25, 0.3) is 10.0 Å². The largest absolute Gasteiger partial charge is 0.264 e. The lowest BCUT2D eigenvalue weighted by Gasteiger charge is -2.06. The molecule has 0 aliphatic heterocycles. The van der Waals surface area contributed by atoms with Crippen LogP contribution in [0.15, 0.2) is 46.5 Å². The predicted molar refractivity (Wildman–Crippen MR) is 71.0 cm³/mol. The van der Waals surface area contributed by atoms with Gasteiger partial charge in [0.15, 0.2) is 10.8 Å². The van der Waals surface area contributed by atoms with Crippen molar-refractivity contribution in [3.63, 3.8) is 0 Å². The average Bonchev–Trinajstić information content (AvgIpc) is 2.39. The van der Waals surface area contributed by atoms with Crippen LogP contribution in [0, 0.1) is 12.5 Å². The highest BCUT2D eigenvalue weighted by Crippen LogP contribution is 2.17. The molecule has 2 aromatic rings. The second-order valence-electron chi connectivity index (χ2n) is 3.82. The van der Waals surface area contributed by atoms with Crippen molar-refractivity contribution in [3.05, 3.63) is 42.2 Å². The number of anilines is 1. The van der Waals surface area contributed by atoms with Crippen LogP contribution in [0.4, 0.5) is 11.6 Å². The first kappa shape index (κ1) is 13.8. The monoisotopic (exact) mass is 291 g/mol. The first-order valence-corrected chi connectivity index (χ1v) is 6.99. The summed E-state index contributed by atoms with van der Waals surface area (Å²) in [5.74, 6) is 0.0138. The Balaban J connectivity index is 2.28. The van der Waals surface area contributed by atoms with Crippen molar-refractivity contribution in [1.29, 1.82) is 5.53 Å². The summed E-state index contributed by atoms with van der Waals surface area (Å²) in [6.07, 6.45) is 1.47. The zero-order valence-electron chi connectivity index (χ0n) is 10.5. The minimum Gasteiger partial charge on any atom is -0.247 e. The zero-order chi connectivity index (χ0) is 14.6. The van der Waals surface area contributed by atoms with Crippen molar-refractivity contribution in [3.8, 4) is 0 Å². The summed E-state index contributed by atoms with van der Waals surface area (Å²) in [5.41, 5.74) is 7.65. The molecule has 0 bridgehead atoms. The number of nitrogens with one attached hydrogen (secondary N) is 2. The van der Waals surface area contributed by atoms with Gasteiger partial charge < -0.3 is 0 Å². The van der Waals surface area contributed by atoms with Gasteiger partial charge in [-0.05, 0) is 37.3 Å². The second kappa shape index (κ2) is 5.55. The Hall–Kier alpha value is -2.64. The van der Waals surface area contributed by atoms with Crippen LogP contribution in [0.1, 0.15) is 5.69 Å². The number of benzene rings is 1. The topological polar surface area (TPSA) is 122 Å². The van der Waals surface area contributed by atoms with Gasteiger partial charge >= 0.3 is 0 Å². The molecule has 2 N–H and O–H groups in total. The molecule has 8 nitrogen and oxygen atoms in total. The summed E-state index contributed by atoms with van der Waals surface area (Å²) in [6, 6.07) is 7.29. The highest BCUT2D eigenvalue weighted by molar-refractivity contribution is 7.92. The average molecular weight is 291 g/mol. The number of nitrogens with zero attached hydrogens (tertiary/aromatic N) is 4. The summed E-state index contributed by atoms with van der Waals surface area (Å²) in [7, 11) is -3.76. The van der Waals surface area contributed by atoms with Crippen LogP contribution in [0.2, 0.25) is 0 Å². The highest BCUT2D eigenvalue weighted by atomic mass is 32.2. The standard InChI is InChI=1S/C11H11N6O2S/c1-8-6-7-13-11(14-8)16-20(18,19)10-4-2-9(3-5-10)15-17-12/h2-7,12H,1H3,(H,13,14,16)/q+1. The predicted octanol–water partition coefficient (Wildman–Crippen LogP) is 1.77. The molecule has 0 saturated carbocycles. The van der Waals surface area contributed by atoms with Crippen molar-refractivity contribution in [2.45, 2.75) is 11.8 Å². The molecule has 1 aromatic carbocycles. The van der Waals surface area contributed by atoms with Crippen molar-refractivity contribution >= 4 is 21.7 Å². The summed E-state index contributed by atoms with van der Waals surface area (Å²) < 4.78 is 26.5. The Bertz CT molecular complexity index is 766. The first-order chi connectivity index (χ1) is 9.51. The lowest BCUT2D eigenvalue weighted by atomic mass is 10.3. The molecule has 0 saturated heterocycles. The smallest absolute Gasteiger partial charge is 0.247 e. The van der Waals surface area contributed by atoms with Crippen LogP contribution < -0.4 is 9.63 Å². The molecular weight excluding hydrogens is 280 g/mol. The second-order valence-corrected chi connectivity index (χ2v) is 5.50. The molecule has 0 amide bonds. The molecule has 0 aliphatic rings. The van der Waals surface area contributed by atoms with Crippen molar-refractivity contribution in [1.82, 2.24) is 14.9 Å². The quantitative estimate of drug-likeness (QED) is 0.658. The van der Waals surface area contributed by atoms with E-state index in [4.69, 9.17) is 5.53 Å². The fourth-order valence-corrected chi connectivity index (χ4v) is 2.38. The van der Waals surface area contributed by atoms with E-state index in [1.807, 2.05) is 0 Å². The van der Waals surface area contributed by atoms with E-state index in [9.17, 15) is 8.42 Å². The maximum atomic E-state index is 12.1. The van der Waals surface area contributed by atoms with E-state index < -0.39 is 10.0 Å². The van der Waals surface area contributed by atoms with Gasteiger partial charge in [0, 0.05) is 11.9 Å². The maximum absolute atomic E-state index is 12.1. The SMILES string of the molecule is Cc1ccnc(NS(=O)(=O)c2ccc(N=[N+]=N)cc2)n1. The van der Waals surface area contributed by atoms with Crippen molar-refractivity contribution < 1.29 is 8.42 Å². The molecular formula is C11H11N6O2S+. The Labute approximate surface area is 115 Å². The summed E-state index contributed by atoms with van der Waals surface area (Å²) in [6.45, 7) is 1.74. The van der Waals surface area contributed by atoms with Gasteiger partial charge in [-0.2, -0.15) is 0 Å². The Morgan fingerprint density at radius 2 is 1.95 bits per heavy atom. The molecule has 1 heterocycles. The van der Waals surface area contributed by atoms with Gasteiger partial charge in [0.1, 0.15) is 5.53 Å². The van der Waals surface area contributed by atoms with E-state index in [-0.39, 0.29) is 10.8 Å². The van der Waals surface area contributed by atoms with Crippen LogP contribution >= 0.6 is 0 Å². The lowest BCUT2D eigenvalue weighted by molar-refractivity contribution is 0.601. The van der Waals surface area contributed by atoms with E-state index in [1.54, 1.807) is 13.0 Å². The normalized spacial score (nSPS) is 10.7. The summed E-state index contributed by atoms with van der Waals surface area (Å²) in [4.78, 5) is 10.7. The summed E-state index contributed by atoms with van der Waals surface area (Å²) in [5, 5.41) is 3.48. The van der Waals surface area contributed by atoms with Gasteiger partial charge in [0.05, 0.1) is 4.90 Å². The molecule has 102 valence electrons. The van der Waals surface area contributed by atoms with Gasteiger partial charge in [-0.25, -0.2) is 23.1 Å². The third-order valence-corrected chi connectivity index (χ3v) is 3.68. The number of hydrogen-bond donors (Lipinski definition) is 2. The van der Waals surface area contributed by atoms with E-state index in [0.717, 1.165) is 0 Å². The lowest BCUT2D eigenvalue weighted by Crippen LogP contribution is -2.15. The number of sulfonamides is 1. The van der Waals surface area contributed by atoms with Crippen LogP contribution in [0.25, 0.3) is 0 Å². The number of rotatable bonds is 4. The minimum absolute atomic E-state index is 0.0138. The van der Waals surface area contributed by atoms with Crippen LogP contribution in [-0.4, -0.2) is 18.4 Å². The van der Waals surface area contributed by atoms with Gasteiger partial charge in [0.2, 0.25) is 10.9 Å². The third-order valence-electron chi connectivity index (χ3n) is 2.33. The molecule has 0 radical (unpaired) electrons. The fourth-order valence-electron chi connectivity index (χ4n) is 1.43. The zero-order valence-corrected chi connectivity index (χ0v) is 11.3. The van der Waals surface area contributed by atoms with Crippen LogP contribution in [0.3, 0.4) is 0 Å². The molecule has 20 heavy (non-hydrogen) atoms. The molecule has 2 rings (SSSR count). The Morgan fingerprint density at radius 3 is 2.55 bits per heavy atom. The van der Waals surface area contributed by atoms with Gasteiger partial charge in [-0.3, -0.25) is 0 Å². The van der Waals surface area contributed by atoms with Crippen molar-refractivity contribution in [2.75, 3.05) is 4.72 Å². The van der Waals surface area contributed by atoms with Crippen LogP contribution in [0.5, 0.6) is 0 Å². The van der Waals surface area contributed by atoms with Gasteiger partial charge in [-0.15, -0.1) is 0 Å². The highest BCUT2D eigenvalue weighted by Gasteiger charge is 2.15. The molecule has 1 aromatic heterocycles.